The highest BCUT2D eigenvalue weighted by Crippen LogP contribution is 2.56. The number of hydrogen-bond donors (Lipinski definition) is 3. The molecule has 202 valence electrons. The van der Waals surface area contributed by atoms with E-state index in [9.17, 15) is 18.8 Å². The molecule has 0 radical (unpaired) electrons. The minimum atomic E-state index is -0.536. The summed E-state index contributed by atoms with van der Waals surface area (Å²) in [5.41, 5.74) is 1.29. The Morgan fingerprint density at radius 3 is 2.37 bits per heavy atom. The van der Waals surface area contributed by atoms with Crippen LogP contribution in [0.1, 0.15) is 49.8 Å². The van der Waals surface area contributed by atoms with Gasteiger partial charge < -0.3 is 16.0 Å². The van der Waals surface area contributed by atoms with E-state index >= 15 is 0 Å². The summed E-state index contributed by atoms with van der Waals surface area (Å²) in [7, 11) is 1.69. The number of rotatable bonds is 9. The van der Waals surface area contributed by atoms with E-state index in [1.54, 1.807) is 19.3 Å². The van der Waals surface area contributed by atoms with Gasteiger partial charge in [0.05, 0.1) is 5.02 Å². The molecule has 3 aliphatic carbocycles. The Kier molecular flexibility index (Phi) is 8.06. The largest absolute Gasteiger partial charge is 0.359 e. The SMILES string of the molecule is C=C(/C=C(/C(=O)NCC12CCC(C(=O)NC)(CC1)CC2)n1nccc1C)C(=O)NCc1ccc(F)c(Cl)c1. The number of halogens is 2. The van der Waals surface area contributed by atoms with Crippen LogP contribution in [0.3, 0.4) is 0 Å². The number of carbonyl (C=O) groups excluding carboxylic acids is 3. The Bertz CT molecular complexity index is 1280. The van der Waals surface area contributed by atoms with Gasteiger partial charge in [-0.3, -0.25) is 14.4 Å². The third-order valence-electron chi connectivity index (χ3n) is 8.07. The highest BCUT2D eigenvalue weighted by atomic mass is 35.5. The number of amides is 3. The smallest absolute Gasteiger partial charge is 0.269 e. The van der Waals surface area contributed by atoms with Gasteiger partial charge in [0.2, 0.25) is 5.91 Å². The molecule has 2 aromatic rings. The fraction of sp³-hybridized carbons (Fsp3) is 0.429. The molecule has 0 aliphatic heterocycles. The Morgan fingerprint density at radius 1 is 1.11 bits per heavy atom. The monoisotopic (exact) mass is 541 g/mol. The topological polar surface area (TPSA) is 105 Å². The van der Waals surface area contributed by atoms with Gasteiger partial charge in [-0.05, 0) is 80.7 Å². The molecular weight excluding hydrogens is 509 g/mol. The van der Waals surface area contributed by atoms with Crippen LogP contribution in [-0.2, 0) is 20.9 Å². The maximum absolute atomic E-state index is 13.4. The van der Waals surface area contributed by atoms with Crippen molar-refractivity contribution >= 4 is 35.0 Å². The number of fused-ring (bicyclic) bond motifs is 3. The summed E-state index contributed by atoms with van der Waals surface area (Å²) in [6.07, 6.45) is 8.09. The van der Waals surface area contributed by atoms with Crippen LogP contribution in [0, 0.1) is 23.6 Å². The highest BCUT2D eigenvalue weighted by Gasteiger charge is 2.52. The van der Waals surface area contributed by atoms with Gasteiger partial charge in [-0.25, -0.2) is 9.07 Å². The van der Waals surface area contributed by atoms with E-state index in [0.717, 1.165) is 44.2 Å². The van der Waals surface area contributed by atoms with Crippen LogP contribution in [-0.4, -0.2) is 41.1 Å². The lowest BCUT2D eigenvalue weighted by molar-refractivity contribution is -0.140. The Hall–Kier alpha value is -3.46. The first-order valence-corrected chi connectivity index (χ1v) is 13.1. The summed E-state index contributed by atoms with van der Waals surface area (Å²) in [5.74, 6) is -1.26. The number of nitrogens with zero attached hydrogens (tertiary/aromatic N) is 2. The maximum Gasteiger partial charge on any atom is 0.269 e. The van der Waals surface area contributed by atoms with Gasteiger partial charge in [-0.15, -0.1) is 0 Å². The van der Waals surface area contributed by atoms with Crippen molar-refractivity contribution in [2.75, 3.05) is 13.6 Å². The van der Waals surface area contributed by atoms with Crippen LogP contribution in [0.15, 0.2) is 48.7 Å². The van der Waals surface area contributed by atoms with Crippen molar-refractivity contribution in [3.05, 3.63) is 70.8 Å². The van der Waals surface area contributed by atoms with E-state index in [1.165, 1.54) is 29.0 Å². The predicted molar refractivity (Wildman–Crippen MR) is 143 cm³/mol. The molecule has 8 nitrogen and oxygen atoms in total. The van der Waals surface area contributed by atoms with E-state index < -0.39 is 11.7 Å². The maximum atomic E-state index is 13.4. The summed E-state index contributed by atoms with van der Waals surface area (Å²) in [6, 6.07) is 5.97. The van der Waals surface area contributed by atoms with Crippen molar-refractivity contribution in [1.82, 2.24) is 25.7 Å². The quantitative estimate of drug-likeness (QED) is 0.331. The van der Waals surface area contributed by atoms with Crippen LogP contribution in [0.5, 0.6) is 0 Å². The second kappa shape index (κ2) is 11.1. The molecule has 1 heterocycles. The zero-order valence-electron chi connectivity index (χ0n) is 21.7. The van der Waals surface area contributed by atoms with Crippen LogP contribution >= 0.6 is 11.6 Å². The summed E-state index contributed by atoms with van der Waals surface area (Å²) >= 11 is 5.82. The second-order valence-electron chi connectivity index (χ2n) is 10.4. The Morgan fingerprint density at radius 2 is 1.79 bits per heavy atom. The fourth-order valence-electron chi connectivity index (χ4n) is 5.51. The molecule has 0 unspecified atom stereocenters. The molecule has 1 aromatic heterocycles. The normalized spacial score (nSPS) is 22.6. The van der Waals surface area contributed by atoms with E-state index in [0.29, 0.717) is 12.1 Å². The Labute approximate surface area is 226 Å². The molecule has 3 amide bonds. The van der Waals surface area contributed by atoms with Crippen molar-refractivity contribution in [3.8, 4) is 0 Å². The van der Waals surface area contributed by atoms with Gasteiger partial charge >= 0.3 is 0 Å². The molecule has 3 saturated carbocycles. The summed E-state index contributed by atoms with van der Waals surface area (Å²) in [5, 5.41) is 12.8. The number of aryl methyl sites for hydroxylation is 1. The third kappa shape index (κ3) is 5.67. The predicted octanol–water partition coefficient (Wildman–Crippen LogP) is 3.90. The van der Waals surface area contributed by atoms with Gasteiger partial charge in [-0.2, -0.15) is 5.10 Å². The summed E-state index contributed by atoms with van der Waals surface area (Å²) < 4.78 is 14.9. The van der Waals surface area contributed by atoms with E-state index in [-0.39, 0.29) is 45.5 Å². The average Bonchev–Trinajstić information content (AvgIpc) is 3.36. The molecule has 3 N–H and O–H groups in total. The summed E-state index contributed by atoms with van der Waals surface area (Å²) in [6.45, 7) is 6.26. The van der Waals surface area contributed by atoms with Crippen molar-refractivity contribution in [2.24, 2.45) is 10.8 Å². The first-order valence-electron chi connectivity index (χ1n) is 12.7. The number of hydrogen-bond acceptors (Lipinski definition) is 4. The molecule has 3 aliphatic rings. The molecule has 0 spiro atoms. The van der Waals surface area contributed by atoms with E-state index in [2.05, 4.69) is 27.6 Å². The van der Waals surface area contributed by atoms with E-state index in [1.807, 2.05) is 6.92 Å². The molecule has 2 bridgehead atoms. The number of aromatic nitrogens is 2. The third-order valence-corrected chi connectivity index (χ3v) is 8.36. The number of carbonyl (C=O) groups is 3. The standard InChI is InChI=1S/C28H33ClFN5O3/c1-18(24(36)32-16-20-4-5-22(30)21(29)15-20)14-23(35-19(2)6-13-34-35)25(37)33-17-27-7-10-28(11-8-27,12-9-27)26(38)31-3/h4-6,13-15H,1,7-12,16-17H2,2-3H3,(H,31,38)(H,32,36)(H,33,37)/b23-14-. The first-order chi connectivity index (χ1) is 18.1. The molecule has 0 atom stereocenters. The van der Waals surface area contributed by atoms with Gasteiger partial charge in [0, 0.05) is 43.0 Å². The lowest BCUT2D eigenvalue weighted by Crippen LogP contribution is -2.52. The van der Waals surface area contributed by atoms with Crippen LogP contribution < -0.4 is 16.0 Å². The lowest BCUT2D eigenvalue weighted by atomic mass is 9.53. The van der Waals surface area contributed by atoms with Gasteiger partial charge in [0.1, 0.15) is 11.5 Å². The average molecular weight is 542 g/mol. The zero-order valence-corrected chi connectivity index (χ0v) is 22.5. The fourth-order valence-corrected chi connectivity index (χ4v) is 5.72. The molecule has 5 rings (SSSR count). The first kappa shape index (κ1) is 27.6. The van der Waals surface area contributed by atoms with Gasteiger partial charge in [-0.1, -0.05) is 24.2 Å². The second-order valence-corrected chi connectivity index (χ2v) is 10.8. The van der Waals surface area contributed by atoms with Gasteiger partial charge in [0.15, 0.2) is 0 Å². The van der Waals surface area contributed by atoms with Crippen LogP contribution in [0.25, 0.3) is 5.70 Å². The molecule has 0 saturated heterocycles. The van der Waals surface area contributed by atoms with Gasteiger partial charge in [0.25, 0.3) is 11.8 Å². The number of nitrogens with one attached hydrogen (secondary N) is 3. The van der Waals surface area contributed by atoms with Crippen molar-refractivity contribution in [2.45, 2.75) is 52.0 Å². The molecule has 10 heteroatoms. The molecular formula is C28H33ClFN5O3. The lowest BCUT2D eigenvalue weighted by Gasteiger charge is -2.52. The minimum Gasteiger partial charge on any atom is -0.359 e. The van der Waals surface area contributed by atoms with Crippen molar-refractivity contribution in [1.29, 1.82) is 0 Å². The van der Waals surface area contributed by atoms with Crippen molar-refractivity contribution in [3.63, 3.8) is 0 Å². The van der Waals surface area contributed by atoms with Crippen LogP contribution in [0.2, 0.25) is 5.02 Å². The summed E-state index contributed by atoms with van der Waals surface area (Å²) in [4.78, 5) is 38.6. The highest BCUT2D eigenvalue weighted by molar-refractivity contribution is 6.30. The van der Waals surface area contributed by atoms with Crippen molar-refractivity contribution < 1.29 is 18.8 Å². The minimum absolute atomic E-state index is 0.0293. The number of benzene rings is 1. The zero-order chi connectivity index (χ0) is 27.5. The molecule has 1 aromatic carbocycles. The van der Waals surface area contributed by atoms with E-state index in [4.69, 9.17) is 11.6 Å². The Balaban J connectivity index is 1.43. The molecule has 38 heavy (non-hydrogen) atoms. The molecule has 3 fully saturated rings. The van der Waals surface area contributed by atoms with Crippen LogP contribution in [0.4, 0.5) is 4.39 Å².